The molecule has 0 heterocycles. The van der Waals surface area contributed by atoms with Gasteiger partial charge >= 0.3 is 0 Å². The van der Waals surface area contributed by atoms with Gasteiger partial charge in [-0.2, -0.15) is 0 Å². The Morgan fingerprint density at radius 3 is 2.79 bits per heavy atom. The van der Waals surface area contributed by atoms with Crippen molar-refractivity contribution in [1.29, 1.82) is 0 Å². The maximum atomic E-state index is 5.46. The van der Waals surface area contributed by atoms with Crippen molar-refractivity contribution < 1.29 is 9.47 Å². The molecule has 0 bridgehead atoms. The zero-order valence-corrected chi connectivity index (χ0v) is 8.54. The Morgan fingerprint density at radius 1 is 1.36 bits per heavy atom. The lowest BCUT2D eigenvalue weighted by Gasteiger charge is -2.09. The molecule has 1 aromatic rings. The van der Waals surface area contributed by atoms with Crippen molar-refractivity contribution in [1.82, 2.24) is 0 Å². The second-order valence-electron chi connectivity index (χ2n) is 2.96. The van der Waals surface area contributed by atoms with E-state index in [1.807, 2.05) is 25.1 Å². The lowest BCUT2D eigenvalue weighted by molar-refractivity contribution is 0.301. The number of benzene rings is 1. The number of hydrogen-bond acceptors (Lipinski definition) is 2. The molecular formula is C12H14O2. The molecule has 74 valence electrons. The molecular weight excluding hydrogens is 176 g/mol. The van der Waals surface area contributed by atoms with Gasteiger partial charge in [-0.05, 0) is 24.6 Å². The van der Waals surface area contributed by atoms with Crippen LogP contribution in [-0.4, -0.2) is 13.7 Å². The Hall–Kier alpha value is -1.62. The largest absolute Gasteiger partial charge is 0.493 e. The predicted molar refractivity (Wildman–Crippen MR) is 56.7 cm³/mol. The molecule has 0 amide bonds. The van der Waals surface area contributed by atoms with Gasteiger partial charge in [0.05, 0.1) is 13.7 Å². The van der Waals surface area contributed by atoms with Crippen molar-refractivity contribution >= 4 is 0 Å². The zero-order chi connectivity index (χ0) is 10.4. The van der Waals surface area contributed by atoms with Crippen LogP contribution in [0.3, 0.4) is 0 Å². The standard InChI is InChI=1S/C12H14O2/c1-4-5-8-14-11-7-6-10(2)9-12(11)13-3/h1,6-7,9H,5,8H2,2-3H3. The van der Waals surface area contributed by atoms with Crippen LogP contribution in [0.4, 0.5) is 0 Å². The van der Waals surface area contributed by atoms with Crippen molar-refractivity contribution in [2.45, 2.75) is 13.3 Å². The molecule has 2 heteroatoms. The number of ether oxygens (including phenoxy) is 2. The summed E-state index contributed by atoms with van der Waals surface area (Å²) in [7, 11) is 1.63. The van der Waals surface area contributed by atoms with Gasteiger partial charge in [0, 0.05) is 6.42 Å². The van der Waals surface area contributed by atoms with Gasteiger partial charge in [0.1, 0.15) is 0 Å². The van der Waals surface area contributed by atoms with E-state index in [1.54, 1.807) is 7.11 Å². The Labute approximate surface area is 84.8 Å². The highest BCUT2D eigenvalue weighted by Gasteiger charge is 2.02. The minimum atomic E-state index is 0.524. The zero-order valence-electron chi connectivity index (χ0n) is 8.54. The molecule has 0 radical (unpaired) electrons. The molecule has 0 atom stereocenters. The Balaban J connectivity index is 2.71. The third kappa shape index (κ3) is 2.70. The number of terminal acetylenes is 1. The highest BCUT2D eigenvalue weighted by atomic mass is 16.5. The van der Waals surface area contributed by atoms with Crippen LogP contribution in [0.2, 0.25) is 0 Å². The summed E-state index contributed by atoms with van der Waals surface area (Å²) >= 11 is 0. The SMILES string of the molecule is C#CCCOc1ccc(C)cc1OC. The fraction of sp³-hybridized carbons (Fsp3) is 0.333. The van der Waals surface area contributed by atoms with Crippen molar-refractivity contribution in [2.24, 2.45) is 0 Å². The van der Waals surface area contributed by atoms with Crippen molar-refractivity contribution in [3.63, 3.8) is 0 Å². The maximum Gasteiger partial charge on any atom is 0.161 e. The normalized spacial score (nSPS) is 9.21. The van der Waals surface area contributed by atoms with Crippen molar-refractivity contribution in [3.05, 3.63) is 23.8 Å². The van der Waals surface area contributed by atoms with E-state index in [1.165, 1.54) is 0 Å². The highest BCUT2D eigenvalue weighted by Crippen LogP contribution is 2.27. The predicted octanol–water partition coefficient (Wildman–Crippen LogP) is 2.41. The lowest BCUT2D eigenvalue weighted by atomic mass is 10.2. The van der Waals surface area contributed by atoms with E-state index in [0.29, 0.717) is 13.0 Å². The molecule has 0 unspecified atom stereocenters. The third-order valence-electron chi connectivity index (χ3n) is 1.82. The fourth-order valence-electron chi connectivity index (χ4n) is 1.11. The monoisotopic (exact) mass is 190 g/mol. The molecule has 0 spiro atoms. The first-order valence-electron chi connectivity index (χ1n) is 4.49. The van der Waals surface area contributed by atoms with E-state index in [4.69, 9.17) is 15.9 Å². The molecule has 0 saturated heterocycles. The molecule has 0 N–H and O–H groups in total. The van der Waals surface area contributed by atoms with E-state index in [0.717, 1.165) is 17.1 Å². The summed E-state index contributed by atoms with van der Waals surface area (Å²) in [5.41, 5.74) is 1.14. The summed E-state index contributed by atoms with van der Waals surface area (Å²) in [6, 6.07) is 5.81. The van der Waals surface area contributed by atoms with Gasteiger partial charge in [-0.15, -0.1) is 12.3 Å². The van der Waals surface area contributed by atoms with Gasteiger partial charge in [0.15, 0.2) is 11.5 Å². The summed E-state index contributed by atoms with van der Waals surface area (Å²) in [5.74, 6) is 4.02. The van der Waals surface area contributed by atoms with Crippen molar-refractivity contribution in [2.75, 3.05) is 13.7 Å². The Kier molecular flexibility index (Phi) is 3.87. The molecule has 0 fully saturated rings. The molecule has 0 aromatic heterocycles. The van der Waals surface area contributed by atoms with Crippen LogP contribution in [0.5, 0.6) is 11.5 Å². The minimum absolute atomic E-state index is 0.524. The number of methoxy groups -OCH3 is 1. The van der Waals surface area contributed by atoms with E-state index < -0.39 is 0 Å². The molecule has 14 heavy (non-hydrogen) atoms. The Morgan fingerprint density at radius 2 is 2.14 bits per heavy atom. The van der Waals surface area contributed by atoms with Crippen LogP contribution >= 0.6 is 0 Å². The second kappa shape index (κ2) is 5.18. The van der Waals surface area contributed by atoms with Crippen LogP contribution < -0.4 is 9.47 Å². The first-order chi connectivity index (χ1) is 6.77. The average Bonchev–Trinajstić information content (AvgIpc) is 2.20. The number of hydrogen-bond donors (Lipinski definition) is 0. The summed E-state index contributed by atoms with van der Waals surface area (Å²) in [5, 5.41) is 0. The van der Waals surface area contributed by atoms with Gasteiger partial charge in [0.25, 0.3) is 0 Å². The first-order valence-corrected chi connectivity index (χ1v) is 4.49. The van der Waals surface area contributed by atoms with Gasteiger partial charge in [-0.3, -0.25) is 0 Å². The fourth-order valence-corrected chi connectivity index (χ4v) is 1.11. The topological polar surface area (TPSA) is 18.5 Å². The molecule has 1 aromatic carbocycles. The van der Waals surface area contributed by atoms with Gasteiger partial charge in [-0.25, -0.2) is 0 Å². The van der Waals surface area contributed by atoms with Gasteiger partial charge in [0.2, 0.25) is 0 Å². The Bertz CT molecular complexity index is 337. The molecule has 2 nitrogen and oxygen atoms in total. The average molecular weight is 190 g/mol. The third-order valence-corrected chi connectivity index (χ3v) is 1.82. The van der Waals surface area contributed by atoms with Crippen molar-refractivity contribution in [3.8, 4) is 23.8 Å². The van der Waals surface area contributed by atoms with E-state index >= 15 is 0 Å². The first kappa shape index (κ1) is 10.5. The minimum Gasteiger partial charge on any atom is -0.493 e. The molecule has 0 aliphatic heterocycles. The quantitative estimate of drug-likeness (QED) is 0.536. The molecule has 0 aliphatic carbocycles. The lowest BCUT2D eigenvalue weighted by Crippen LogP contribution is -1.98. The van der Waals surface area contributed by atoms with Gasteiger partial charge < -0.3 is 9.47 Å². The van der Waals surface area contributed by atoms with E-state index in [2.05, 4.69) is 5.92 Å². The number of aryl methyl sites for hydroxylation is 1. The van der Waals surface area contributed by atoms with Crippen LogP contribution in [0.25, 0.3) is 0 Å². The van der Waals surface area contributed by atoms with Crippen LogP contribution in [0.15, 0.2) is 18.2 Å². The number of rotatable bonds is 4. The van der Waals surface area contributed by atoms with E-state index in [9.17, 15) is 0 Å². The second-order valence-corrected chi connectivity index (χ2v) is 2.96. The summed E-state index contributed by atoms with van der Waals surface area (Å²) in [4.78, 5) is 0. The molecule has 1 rings (SSSR count). The summed E-state index contributed by atoms with van der Waals surface area (Å²) < 4.78 is 10.6. The smallest absolute Gasteiger partial charge is 0.161 e. The molecule has 0 saturated carbocycles. The van der Waals surface area contributed by atoms with Gasteiger partial charge in [-0.1, -0.05) is 6.07 Å². The maximum absolute atomic E-state index is 5.46. The highest BCUT2D eigenvalue weighted by molar-refractivity contribution is 5.42. The van der Waals surface area contributed by atoms with Crippen LogP contribution in [0, 0.1) is 19.3 Å². The van der Waals surface area contributed by atoms with Crippen LogP contribution in [0.1, 0.15) is 12.0 Å². The summed E-state index contributed by atoms with van der Waals surface area (Å²) in [6.45, 7) is 2.53. The molecule has 0 aliphatic rings. The summed E-state index contributed by atoms with van der Waals surface area (Å²) in [6.07, 6.45) is 5.73. The van der Waals surface area contributed by atoms with E-state index in [-0.39, 0.29) is 0 Å². The van der Waals surface area contributed by atoms with Crippen LogP contribution in [-0.2, 0) is 0 Å².